The summed E-state index contributed by atoms with van der Waals surface area (Å²) >= 11 is 0. The first-order valence-electron chi connectivity index (χ1n) is 9.35. The Balaban J connectivity index is 2.21. The van der Waals surface area contributed by atoms with E-state index in [0.717, 1.165) is 6.42 Å². The molecular formula is C23H21F3O3S. The number of carbonyl (C=O) groups is 1. The average molecular weight is 434 g/mol. The van der Waals surface area contributed by atoms with Crippen molar-refractivity contribution in [3.05, 3.63) is 84.9 Å². The van der Waals surface area contributed by atoms with Gasteiger partial charge in [0.25, 0.3) is 0 Å². The smallest absolute Gasteiger partial charge is 0.491 e. The first-order chi connectivity index (χ1) is 14.4. The van der Waals surface area contributed by atoms with E-state index in [4.69, 9.17) is 8.92 Å². The van der Waals surface area contributed by atoms with Gasteiger partial charge in [-0.1, -0.05) is 43.3 Å². The van der Waals surface area contributed by atoms with Crippen molar-refractivity contribution < 1.29 is 26.9 Å². The molecule has 158 valence electrons. The van der Waals surface area contributed by atoms with E-state index in [9.17, 15) is 18.0 Å². The Kier molecular flexibility index (Phi) is 6.72. The normalized spacial score (nSPS) is 12.3. The van der Waals surface area contributed by atoms with Crippen molar-refractivity contribution in [1.29, 1.82) is 0 Å². The van der Waals surface area contributed by atoms with Gasteiger partial charge in [-0.15, -0.1) is 0 Å². The summed E-state index contributed by atoms with van der Waals surface area (Å²) in [4.78, 5) is 13.5. The van der Waals surface area contributed by atoms with Crippen LogP contribution in [-0.2, 0) is 8.98 Å². The molecule has 0 bridgehead atoms. The van der Waals surface area contributed by atoms with Crippen molar-refractivity contribution in [2.75, 3.05) is 6.61 Å². The molecule has 3 aromatic carbocycles. The fourth-order valence-corrected chi connectivity index (χ4v) is 5.91. The fourth-order valence-electron chi connectivity index (χ4n) is 2.89. The summed E-state index contributed by atoms with van der Waals surface area (Å²) in [6, 6.07) is 23.7. The van der Waals surface area contributed by atoms with Crippen molar-refractivity contribution in [3.63, 3.8) is 0 Å². The van der Waals surface area contributed by atoms with Gasteiger partial charge in [-0.3, -0.25) is 0 Å². The zero-order chi connectivity index (χ0) is 21.6. The van der Waals surface area contributed by atoms with Gasteiger partial charge in [0.15, 0.2) is 0 Å². The van der Waals surface area contributed by atoms with Crippen LogP contribution in [0.15, 0.2) is 99.6 Å². The number of rotatable bonds is 7. The molecule has 0 N–H and O–H groups in total. The van der Waals surface area contributed by atoms with Gasteiger partial charge in [0.05, 0.1) is 6.61 Å². The highest BCUT2D eigenvalue weighted by molar-refractivity contribution is 8.30. The number of benzene rings is 3. The molecule has 30 heavy (non-hydrogen) atoms. The van der Waals surface area contributed by atoms with E-state index < -0.39 is 22.5 Å². The fraction of sp³-hybridized carbons (Fsp3) is 0.174. The van der Waals surface area contributed by atoms with Crippen molar-refractivity contribution in [1.82, 2.24) is 0 Å². The SMILES string of the molecule is CCCOc1ccc(S(OC(=O)C(F)(F)F)(c2ccccc2)c2ccccc2)cc1. The first-order valence-corrected chi connectivity index (χ1v) is 10.9. The molecule has 0 radical (unpaired) electrons. The van der Waals surface area contributed by atoms with E-state index in [1.165, 1.54) is 0 Å². The van der Waals surface area contributed by atoms with Gasteiger partial charge >= 0.3 is 12.1 Å². The molecule has 0 unspecified atom stereocenters. The van der Waals surface area contributed by atoms with Crippen LogP contribution in [-0.4, -0.2) is 18.8 Å². The molecule has 0 fully saturated rings. The lowest BCUT2D eigenvalue weighted by molar-refractivity contribution is -0.188. The quantitative estimate of drug-likeness (QED) is 0.411. The average Bonchev–Trinajstić information content (AvgIpc) is 2.77. The summed E-state index contributed by atoms with van der Waals surface area (Å²) in [6.07, 6.45) is -4.29. The van der Waals surface area contributed by atoms with Gasteiger partial charge < -0.3 is 8.92 Å². The molecule has 0 aromatic heterocycles. The monoisotopic (exact) mass is 434 g/mol. The molecule has 0 atom stereocenters. The second-order valence-electron chi connectivity index (χ2n) is 6.37. The minimum absolute atomic E-state index is 0.460. The standard InChI is InChI=1S/C23H21F3O3S/c1-2-17-28-18-13-15-21(16-14-18)30(19-9-5-3-6-10-19,20-11-7-4-8-12-20)29-22(27)23(24,25)26/h3-16H,2,17H2,1H3. The van der Waals surface area contributed by atoms with E-state index in [2.05, 4.69) is 0 Å². The maximum Gasteiger partial charge on any atom is 0.491 e. The summed E-state index contributed by atoms with van der Waals surface area (Å²) in [7, 11) is -2.98. The van der Waals surface area contributed by atoms with Gasteiger partial charge in [-0.25, -0.2) is 4.79 Å². The van der Waals surface area contributed by atoms with Gasteiger partial charge in [0.1, 0.15) is 5.75 Å². The van der Waals surface area contributed by atoms with Crippen LogP contribution in [0.5, 0.6) is 5.75 Å². The maximum atomic E-state index is 13.2. The molecular weight excluding hydrogens is 413 g/mol. The molecule has 3 rings (SSSR count). The van der Waals surface area contributed by atoms with Crippen LogP contribution in [0, 0.1) is 0 Å². The van der Waals surface area contributed by atoms with E-state index in [0.29, 0.717) is 27.0 Å². The lowest BCUT2D eigenvalue weighted by atomic mass is 10.3. The number of alkyl halides is 3. The molecule has 3 nitrogen and oxygen atoms in total. The van der Waals surface area contributed by atoms with Gasteiger partial charge in [0, 0.05) is 14.7 Å². The number of hydrogen-bond acceptors (Lipinski definition) is 3. The Morgan fingerprint density at radius 1 is 0.800 bits per heavy atom. The van der Waals surface area contributed by atoms with Crippen LogP contribution in [0.3, 0.4) is 0 Å². The predicted molar refractivity (Wildman–Crippen MR) is 110 cm³/mol. The van der Waals surface area contributed by atoms with Crippen LogP contribution in [0.4, 0.5) is 13.2 Å². The molecule has 0 heterocycles. The predicted octanol–water partition coefficient (Wildman–Crippen LogP) is 6.78. The summed E-state index contributed by atoms with van der Waals surface area (Å²) in [5.74, 6) is -1.63. The highest BCUT2D eigenvalue weighted by Crippen LogP contribution is 2.69. The van der Waals surface area contributed by atoms with E-state index >= 15 is 0 Å². The first kappa shape index (κ1) is 21.8. The Hall–Kier alpha value is -2.93. The Morgan fingerprint density at radius 2 is 1.27 bits per heavy atom. The molecule has 3 aromatic rings. The lowest BCUT2D eigenvalue weighted by Gasteiger charge is -2.39. The molecule has 0 saturated carbocycles. The molecule has 0 saturated heterocycles. The van der Waals surface area contributed by atoms with Crippen LogP contribution in [0.2, 0.25) is 0 Å². The molecule has 0 spiro atoms. The van der Waals surface area contributed by atoms with Gasteiger partial charge in [-0.2, -0.15) is 13.2 Å². The Bertz CT molecular complexity index is 919. The third-order valence-corrected chi connectivity index (χ3v) is 7.42. The maximum absolute atomic E-state index is 13.2. The van der Waals surface area contributed by atoms with Gasteiger partial charge in [-0.05, 0) is 65.3 Å². The molecule has 0 aliphatic heterocycles. The summed E-state index contributed by atoms with van der Waals surface area (Å²) in [5, 5.41) is 0. The van der Waals surface area contributed by atoms with E-state index in [1.807, 2.05) is 6.92 Å². The minimum Gasteiger partial charge on any atom is -0.494 e. The van der Waals surface area contributed by atoms with Crippen molar-refractivity contribution in [3.8, 4) is 5.75 Å². The summed E-state index contributed by atoms with van der Waals surface area (Å²) < 4.78 is 50.7. The second kappa shape index (κ2) is 9.26. The number of carbonyl (C=O) groups excluding carboxylic acids is 1. The van der Waals surface area contributed by atoms with E-state index in [-0.39, 0.29) is 0 Å². The van der Waals surface area contributed by atoms with Crippen LogP contribution in [0.25, 0.3) is 0 Å². The summed E-state index contributed by atoms with van der Waals surface area (Å²) in [6.45, 7) is 2.50. The van der Waals surface area contributed by atoms with Crippen LogP contribution in [0.1, 0.15) is 13.3 Å². The van der Waals surface area contributed by atoms with Crippen molar-refractivity contribution >= 4 is 16.3 Å². The number of ether oxygens (including phenoxy) is 1. The zero-order valence-electron chi connectivity index (χ0n) is 16.3. The highest BCUT2D eigenvalue weighted by Gasteiger charge is 2.47. The topological polar surface area (TPSA) is 35.5 Å². The van der Waals surface area contributed by atoms with Crippen LogP contribution >= 0.6 is 10.3 Å². The van der Waals surface area contributed by atoms with E-state index in [1.54, 1.807) is 84.9 Å². The molecule has 0 aliphatic carbocycles. The van der Waals surface area contributed by atoms with Crippen molar-refractivity contribution in [2.24, 2.45) is 0 Å². The Morgan fingerprint density at radius 3 is 1.70 bits per heavy atom. The molecule has 0 aliphatic rings. The van der Waals surface area contributed by atoms with Crippen molar-refractivity contribution in [2.45, 2.75) is 34.2 Å². The Labute approximate surface area is 175 Å². The van der Waals surface area contributed by atoms with Crippen LogP contribution < -0.4 is 4.74 Å². The lowest BCUT2D eigenvalue weighted by Crippen LogP contribution is -2.27. The molecule has 7 heteroatoms. The highest BCUT2D eigenvalue weighted by atomic mass is 32.3. The third-order valence-electron chi connectivity index (χ3n) is 4.21. The zero-order valence-corrected chi connectivity index (χ0v) is 17.1. The minimum atomic E-state index is -5.12. The largest absolute Gasteiger partial charge is 0.494 e. The number of halogens is 3. The number of hydrogen-bond donors (Lipinski definition) is 0. The van der Waals surface area contributed by atoms with Gasteiger partial charge in [0.2, 0.25) is 0 Å². The third kappa shape index (κ3) is 4.62. The summed E-state index contributed by atoms with van der Waals surface area (Å²) in [5.41, 5.74) is 0. The molecule has 0 amide bonds. The second-order valence-corrected chi connectivity index (χ2v) is 9.06.